The number of ether oxygens (including phenoxy) is 4. The van der Waals surface area contributed by atoms with E-state index in [0.29, 0.717) is 25.8 Å². The van der Waals surface area contributed by atoms with Gasteiger partial charge in [-0.25, -0.2) is 19.2 Å². The van der Waals surface area contributed by atoms with Crippen LogP contribution in [0.15, 0.2) is 25.3 Å². The van der Waals surface area contributed by atoms with E-state index < -0.39 is 24.1 Å². The van der Waals surface area contributed by atoms with Gasteiger partial charge < -0.3 is 29.6 Å². The Kier molecular flexibility index (Phi) is 14.5. The minimum Gasteiger partial charge on any atom is -0.462 e. The van der Waals surface area contributed by atoms with E-state index in [0.717, 1.165) is 37.8 Å². The smallest absolute Gasteiger partial charge is 0.407 e. The van der Waals surface area contributed by atoms with E-state index in [1.807, 2.05) is 20.8 Å². The Morgan fingerprint density at radius 2 is 1.71 bits per heavy atom. The summed E-state index contributed by atoms with van der Waals surface area (Å²) in [5.74, 6) is -0.883. The maximum atomic E-state index is 12.3. The fourth-order valence-corrected chi connectivity index (χ4v) is 4.17. The molecule has 1 aliphatic rings. The Morgan fingerprint density at radius 1 is 1.05 bits per heavy atom. The number of carbonyl (C=O) groups excluding carboxylic acids is 4. The Labute approximate surface area is 226 Å². The lowest BCUT2D eigenvalue weighted by Gasteiger charge is -2.38. The summed E-state index contributed by atoms with van der Waals surface area (Å²) in [5.41, 5.74) is -0.478. The van der Waals surface area contributed by atoms with Gasteiger partial charge in [-0.05, 0) is 49.9 Å². The second kappa shape index (κ2) is 16.7. The van der Waals surface area contributed by atoms with Crippen LogP contribution in [0.5, 0.6) is 0 Å². The molecular weight excluding hydrogens is 492 g/mol. The van der Waals surface area contributed by atoms with Crippen molar-refractivity contribution in [2.24, 2.45) is 16.7 Å². The van der Waals surface area contributed by atoms with Gasteiger partial charge in [0.2, 0.25) is 0 Å². The molecule has 1 fully saturated rings. The molecule has 0 saturated heterocycles. The predicted octanol–water partition coefficient (Wildman–Crippen LogP) is 4.68. The van der Waals surface area contributed by atoms with Crippen LogP contribution in [-0.2, 0) is 28.5 Å². The summed E-state index contributed by atoms with van der Waals surface area (Å²) in [7, 11) is 0. The zero-order valence-electron chi connectivity index (χ0n) is 23.5. The maximum Gasteiger partial charge on any atom is 0.407 e. The highest BCUT2D eigenvalue weighted by molar-refractivity contribution is 5.81. The van der Waals surface area contributed by atoms with Crippen LogP contribution in [-0.4, -0.2) is 63.1 Å². The first kappa shape index (κ1) is 33.0. The lowest BCUT2D eigenvalue weighted by Crippen LogP contribution is -2.46. The number of esters is 2. The molecule has 1 rings (SSSR count). The molecule has 0 radical (unpaired) electrons. The van der Waals surface area contributed by atoms with Crippen LogP contribution in [0.2, 0.25) is 0 Å². The molecule has 4 unspecified atom stereocenters. The number of rotatable bonds is 16. The van der Waals surface area contributed by atoms with Crippen LogP contribution in [0, 0.1) is 16.7 Å². The minimum atomic E-state index is -0.491. The van der Waals surface area contributed by atoms with Gasteiger partial charge in [-0.3, -0.25) is 0 Å². The summed E-state index contributed by atoms with van der Waals surface area (Å²) in [4.78, 5) is 47.0. The van der Waals surface area contributed by atoms with Crippen molar-refractivity contribution in [2.45, 2.75) is 78.7 Å². The molecule has 4 atom stereocenters. The third kappa shape index (κ3) is 13.5. The number of hydrogen-bond acceptors (Lipinski definition) is 8. The van der Waals surface area contributed by atoms with E-state index in [1.54, 1.807) is 0 Å². The Hall–Kier alpha value is -3.04. The number of nitrogens with one attached hydrogen (secondary N) is 2. The average Bonchev–Trinajstić information content (AvgIpc) is 2.89. The summed E-state index contributed by atoms with van der Waals surface area (Å²) in [5, 5.41) is 5.79. The molecule has 0 bridgehead atoms. The molecule has 2 N–H and O–H groups in total. The fraction of sp³-hybridized carbons (Fsp3) is 0.714. The van der Waals surface area contributed by atoms with Crippen molar-refractivity contribution in [1.29, 1.82) is 0 Å². The standard InChI is InChI=1S/C28H46N2O8/c1-7-23(31)37-18-21(4)12-15-35-26(34)30-22-11-10-13-28(6,17-22)19-29-25(33)36-16-14-27(5,9-3)20-38-24(32)8-2/h7-8,21-22H,1-2,9-20H2,3-6H3,(H,29,33)(H,30,34). The number of amides is 2. The molecule has 0 spiro atoms. The summed E-state index contributed by atoms with van der Waals surface area (Å²) in [6, 6.07) is -0.0476. The van der Waals surface area contributed by atoms with Crippen molar-refractivity contribution in [3.05, 3.63) is 25.3 Å². The highest BCUT2D eigenvalue weighted by Gasteiger charge is 2.34. The summed E-state index contributed by atoms with van der Waals surface area (Å²) in [6.07, 6.45) is 6.57. The molecule has 216 valence electrons. The molecule has 1 saturated carbocycles. The van der Waals surface area contributed by atoms with E-state index >= 15 is 0 Å². The number of carbonyl (C=O) groups is 4. The zero-order chi connectivity index (χ0) is 28.6. The van der Waals surface area contributed by atoms with Gasteiger partial charge in [-0.2, -0.15) is 0 Å². The van der Waals surface area contributed by atoms with Crippen LogP contribution in [0.3, 0.4) is 0 Å². The first-order valence-corrected chi connectivity index (χ1v) is 13.4. The normalized spacial score (nSPS) is 21.1. The van der Waals surface area contributed by atoms with Gasteiger partial charge >= 0.3 is 24.1 Å². The van der Waals surface area contributed by atoms with E-state index in [9.17, 15) is 19.2 Å². The summed E-state index contributed by atoms with van der Waals surface area (Å²) >= 11 is 0. The maximum absolute atomic E-state index is 12.3. The molecule has 0 heterocycles. The third-order valence-electron chi connectivity index (χ3n) is 7.10. The molecule has 38 heavy (non-hydrogen) atoms. The lowest BCUT2D eigenvalue weighted by molar-refractivity contribution is -0.141. The highest BCUT2D eigenvalue weighted by Crippen LogP contribution is 2.35. The second-order valence-corrected chi connectivity index (χ2v) is 10.8. The Balaban J connectivity index is 2.34. The molecule has 10 heteroatoms. The van der Waals surface area contributed by atoms with Gasteiger partial charge in [0.15, 0.2) is 0 Å². The minimum absolute atomic E-state index is 0.0476. The molecule has 0 aromatic heterocycles. The van der Waals surface area contributed by atoms with Crippen molar-refractivity contribution < 1.29 is 38.1 Å². The van der Waals surface area contributed by atoms with Crippen LogP contribution < -0.4 is 10.6 Å². The van der Waals surface area contributed by atoms with Crippen molar-refractivity contribution in [3.63, 3.8) is 0 Å². The van der Waals surface area contributed by atoms with Crippen LogP contribution in [0.1, 0.15) is 72.6 Å². The predicted molar refractivity (Wildman–Crippen MR) is 143 cm³/mol. The molecule has 0 aromatic carbocycles. The van der Waals surface area contributed by atoms with Gasteiger partial charge in [0, 0.05) is 30.2 Å². The third-order valence-corrected chi connectivity index (χ3v) is 7.10. The SMILES string of the molecule is C=CC(=O)OCC(C)CCOC(=O)NC1CCCC(C)(CNC(=O)OCCC(C)(CC)COC(=O)C=C)C1. The van der Waals surface area contributed by atoms with Gasteiger partial charge in [0.25, 0.3) is 0 Å². The van der Waals surface area contributed by atoms with E-state index in [4.69, 9.17) is 18.9 Å². The monoisotopic (exact) mass is 538 g/mol. The lowest BCUT2D eigenvalue weighted by atomic mass is 9.73. The van der Waals surface area contributed by atoms with Crippen LogP contribution in [0.25, 0.3) is 0 Å². The van der Waals surface area contributed by atoms with Crippen molar-refractivity contribution in [2.75, 3.05) is 33.0 Å². The first-order valence-electron chi connectivity index (χ1n) is 13.4. The van der Waals surface area contributed by atoms with Crippen LogP contribution >= 0.6 is 0 Å². The van der Waals surface area contributed by atoms with Gasteiger partial charge in [0.05, 0.1) is 26.4 Å². The highest BCUT2D eigenvalue weighted by atomic mass is 16.6. The zero-order valence-corrected chi connectivity index (χ0v) is 23.5. The second-order valence-electron chi connectivity index (χ2n) is 10.8. The van der Waals surface area contributed by atoms with Crippen LogP contribution in [0.4, 0.5) is 9.59 Å². The molecule has 2 amide bonds. The topological polar surface area (TPSA) is 129 Å². The van der Waals surface area contributed by atoms with Crippen molar-refractivity contribution in [3.8, 4) is 0 Å². The van der Waals surface area contributed by atoms with Gasteiger partial charge in [0.1, 0.15) is 0 Å². The van der Waals surface area contributed by atoms with E-state index in [-0.39, 0.29) is 49.2 Å². The van der Waals surface area contributed by atoms with Crippen molar-refractivity contribution in [1.82, 2.24) is 10.6 Å². The molecular formula is C28H46N2O8. The first-order chi connectivity index (χ1) is 17.9. The summed E-state index contributed by atoms with van der Waals surface area (Å²) < 4.78 is 20.8. The molecule has 0 aliphatic heterocycles. The van der Waals surface area contributed by atoms with Crippen molar-refractivity contribution >= 4 is 24.1 Å². The number of hydrogen-bond donors (Lipinski definition) is 2. The Bertz CT molecular complexity index is 817. The number of alkyl carbamates (subject to hydrolysis) is 2. The molecule has 10 nitrogen and oxygen atoms in total. The van der Waals surface area contributed by atoms with E-state index in [2.05, 4.69) is 30.7 Å². The Morgan fingerprint density at radius 3 is 2.37 bits per heavy atom. The fourth-order valence-electron chi connectivity index (χ4n) is 4.17. The summed E-state index contributed by atoms with van der Waals surface area (Å²) in [6.45, 7) is 16.1. The molecule has 1 aliphatic carbocycles. The quantitative estimate of drug-likeness (QED) is 0.165. The van der Waals surface area contributed by atoms with E-state index in [1.165, 1.54) is 0 Å². The van der Waals surface area contributed by atoms with Gasteiger partial charge in [-0.15, -0.1) is 0 Å². The average molecular weight is 539 g/mol. The molecule has 0 aromatic rings. The largest absolute Gasteiger partial charge is 0.462 e. The van der Waals surface area contributed by atoms with Gasteiger partial charge in [-0.1, -0.05) is 47.3 Å².